The number of ether oxygens (including phenoxy) is 1. The summed E-state index contributed by atoms with van der Waals surface area (Å²) in [5.74, 6) is 0. The number of aryl methyl sites for hydroxylation is 1. The van der Waals surface area contributed by atoms with Gasteiger partial charge in [-0.25, -0.2) is 0 Å². The van der Waals surface area contributed by atoms with E-state index in [1.165, 1.54) is 0 Å². The number of aromatic nitrogens is 2. The van der Waals surface area contributed by atoms with Gasteiger partial charge in [0.25, 0.3) is 6.47 Å². The molecule has 0 aliphatic heterocycles. The lowest BCUT2D eigenvalue weighted by molar-refractivity contribution is -0.128. The van der Waals surface area contributed by atoms with Crippen molar-refractivity contribution in [2.45, 2.75) is 13.0 Å². The maximum Gasteiger partial charge on any atom is 0.293 e. The van der Waals surface area contributed by atoms with E-state index in [0.717, 1.165) is 13.0 Å². The van der Waals surface area contributed by atoms with E-state index in [9.17, 15) is 4.79 Å². The van der Waals surface area contributed by atoms with Crippen molar-refractivity contribution in [3.05, 3.63) is 18.5 Å². The molecule has 0 aliphatic carbocycles. The molecule has 0 bridgehead atoms. The smallest absolute Gasteiger partial charge is 0.293 e. The Kier molecular flexibility index (Phi) is 3.18. The first-order valence-electron chi connectivity index (χ1n) is 3.46. The number of carbonyl (C=O) groups excluding carboxylic acids is 1. The molecule has 0 atom stereocenters. The summed E-state index contributed by atoms with van der Waals surface area (Å²) in [6, 6.07) is 1.86. The summed E-state index contributed by atoms with van der Waals surface area (Å²) >= 11 is 0. The number of rotatable bonds is 5. The Hall–Kier alpha value is -1.32. The highest BCUT2D eigenvalue weighted by Gasteiger charge is 1.89. The van der Waals surface area contributed by atoms with Crippen LogP contribution in [0.15, 0.2) is 18.5 Å². The third kappa shape index (κ3) is 2.84. The van der Waals surface area contributed by atoms with Crippen LogP contribution in [0.4, 0.5) is 0 Å². The van der Waals surface area contributed by atoms with E-state index in [4.69, 9.17) is 0 Å². The van der Waals surface area contributed by atoms with Gasteiger partial charge in [0, 0.05) is 25.4 Å². The van der Waals surface area contributed by atoms with Gasteiger partial charge in [0.15, 0.2) is 0 Å². The summed E-state index contributed by atoms with van der Waals surface area (Å²) < 4.78 is 6.31. The molecule has 0 spiro atoms. The van der Waals surface area contributed by atoms with Gasteiger partial charge in [0.05, 0.1) is 6.61 Å². The predicted octanol–water partition coefficient (Wildman–Crippen LogP) is 0.446. The molecule has 4 heteroatoms. The van der Waals surface area contributed by atoms with Gasteiger partial charge in [0.1, 0.15) is 0 Å². The minimum atomic E-state index is 0.461. The molecule has 1 aromatic rings. The lowest BCUT2D eigenvalue weighted by Gasteiger charge is -1.98. The summed E-state index contributed by atoms with van der Waals surface area (Å²) in [4.78, 5) is 9.72. The molecule has 0 radical (unpaired) electrons. The molecule has 0 fully saturated rings. The predicted molar refractivity (Wildman–Crippen MR) is 38.9 cm³/mol. The van der Waals surface area contributed by atoms with Crippen LogP contribution in [0.1, 0.15) is 6.42 Å². The van der Waals surface area contributed by atoms with Gasteiger partial charge in [-0.3, -0.25) is 9.48 Å². The van der Waals surface area contributed by atoms with Crippen molar-refractivity contribution in [1.29, 1.82) is 0 Å². The van der Waals surface area contributed by atoms with E-state index in [-0.39, 0.29) is 0 Å². The number of carbonyl (C=O) groups is 1. The van der Waals surface area contributed by atoms with Crippen molar-refractivity contribution in [1.82, 2.24) is 9.78 Å². The first kappa shape index (κ1) is 7.78. The van der Waals surface area contributed by atoms with Gasteiger partial charge in [0.2, 0.25) is 0 Å². The summed E-state index contributed by atoms with van der Waals surface area (Å²) in [7, 11) is 0. The first-order valence-corrected chi connectivity index (χ1v) is 3.46. The maximum absolute atomic E-state index is 9.72. The standard InChI is InChI=1S/C7H10N2O2/c10-7-11-6-2-5-9-4-1-3-8-9/h1,3-4,7H,2,5-6H2. The van der Waals surface area contributed by atoms with Crippen LogP contribution >= 0.6 is 0 Å². The Balaban J connectivity index is 2.09. The molecule has 11 heavy (non-hydrogen) atoms. The molecule has 1 heterocycles. The molecule has 60 valence electrons. The lowest BCUT2D eigenvalue weighted by Crippen LogP contribution is -2.02. The van der Waals surface area contributed by atoms with Gasteiger partial charge < -0.3 is 4.74 Å². The third-order valence-corrected chi connectivity index (χ3v) is 1.28. The largest absolute Gasteiger partial charge is 0.468 e. The average Bonchev–Trinajstić information content (AvgIpc) is 2.50. The maximum atomic E-state index is 9.72. The second-order valence-corrected chi connectivity index (χ2v) is 2.09. The molecule has 4 nitrogen and oxygen atoms in total. The van der Waals surface area contributed by atoms with E-state index in [1.54, 1.807) is 10.9 Å². The second-order valence-electron chi connectivity index (χ2n) is 2.09. The lowest BCUT2D eigenvalue weighted by atomic mass is 10.4. The van der Waals surface area contributed by atoms with E-state index in [2.05, 4.69) is 9.84 Å². The summed E-state index contributed by atoms with van der Waals surface area (Å²) in [6.07, 6.45) is 4.40. The quantitative estimate of drug-likeness (QED) is 0.456. The molecular formula is C7H10N2O2. The zero-order valence-electron chi connectivity index (χ0n) is 6.14. The zero-order chi connectivity index (χ0) is 7.94. The fourth-order valence-electron chi connectivity index (χ4n) is 0.791. The molecule has 0 unspecified atom stereocenters. The Morgan fingerprint density at radius 1 is 1.64 bits per heavy atom. The van der Waals surface area contributed by atoms with E-state index >= 15 is 0 Å². The topological polar surface area (TPSA) is 44.1 Å². The highest BCUT2D eigenvalue weighted by Crippen LogP contribution is 1.88. The SMILES string of the molecule is O=COCCCn1cccn1. The molecule has 0 N–H and O–H groups in total. The van der Waals surface area contributed by atoms with Crippen molar-refractivity contribution in [3.63, 3.8) is 0 Å². The van der Waals surface area contributed by atoms with Crippen LogP contribution < -0.4 is 0 Å². The third-order valence-electron chi connectivity index (χ3n) is 1.28. The van der Waals surface area contributed by atoms with Crippen LogP contribution in [0.25, 0.3) is 0 Å². The molecule has 0 saturated carbocycles. The Morgan fingerprint density at radius 2 is 2.55 bits per heavy atom. The van der Waals surface area contributed by atoms with E-state index in [1.807, 2.05) is 12.3 Å². The summed E-state index contributed by atoms with van der Waals surface area (Å²) in [6.45, 7) is 1.72. The Morgan fingerprint density at radius 3 is 3.18 bits per heavy atom. The monoisotopic (exact) mass is 154 g/mol. The highest BCUT2D eigenvalue weighted by atomic mass is 16.5. The Bertz CT molecular complexity index is 196. The molecule has 0 aliphatic rings. The number of hydrogen-bond donors (Lipinski definition) is 0. The van der Waals surface area contributed by atoms with Crippen molar-refractivity contribution < 1.29 is 9.53 Å². The van der Waals surface area contributed by atoms with Crippen molar-refractivity contribution >= 4 is 6.47 Å². The van der Waals surface area contributed by atoms with Crippen molar-refractivity contribution in [3.8, 4) is 0 Å². The van der Waals surface area contributed by atoms with Gasteiger partial charge in [-0.15, -0.1) is 0 Å². The minimum Gasteiger partial charge on any atom is -0.468 e. The fraction of sp³-hybridized carbons (Fsp3) is 0.429. The zero-order valence-corrected chi connectivity index (χ0v) is 6.14. The average molecular weight is 154 g/mol. The van der Waals surface area contributed by atoms with Gasteiger partial charge in [-0.1, -0.05) is 0 Å². The number of hydrogen-bond acceptors (Lipinski definition) is 3. The fourth-order valence-corrected chi connectivity index (χ4v) is 0.791. The normalized spacial score (nSPS) is 9.45. The molecule has 1 aromatic heterocycles. The van der Waals surface area contributed by atoms with Crippen molar-refractivity contribution in [2.24, 2.45) is 0 Å². The minimum absolute atomic E-state index is 0.461. The van der Waals surface area contributed by atoms with E-state index in [0.29, 0.717) is 13.1 Å². The van der Waals surface area contributed by atoms with Gasteiger partial charge >= 0.3 is 0 Å². The molecule has 0 aromatic carbocycles. The summed E-state index contributed by atoms with van der Waals surface area (Å²) in [5, 5.41) is 3.99. The van der Waals surface area contributed by atoms with Crippen LogP contribution in [-0.2, 0) is 16.1 Å². The summed E-state index contributed by atoms with van der Waals surface area (Å²) in [5.41, 5.74) is 0. The number of nitrogens with zero attached hydrogens (tertiary/aromatic N) is 2. The van der Waals surface area contributed by atoms with E-state index < -0.39 is 0 Å². The first-order chi connectivity index (χ1) is 5.43. The van der Waals surface area contributed by atoms with Crippen molar-refractivity contribution in [2.75, 3.05) is 6.61 Å². The molecular weight excluding hydrogens is 144 g/mol. The van der Waals surface area contributed by atoms with Crippen LogP contribution in [0.2, 0.25) is 0 Å². The van der Waals surface area contributed by atoms with Crippen LogP contribution in [0, 0.1) is 0 Å². The van der Waals surface area contributed by atoms with Crippen LogP contribution in [0.5, 0.6) is 0 Å². The highest BCUT2D eigenvalue weighted by molar-refractivity contribution is 5.36. The molecule has 0 saturated heterocycles. The molecule has 0 amide bonds. The van der Waals surface area contributed by atoms with Gasteiger partial charge in [-0.05, 0) is 6.07 Å². The second kappa shape index (κ2) is 4.49. The van der Waals surface area contributed by atoms with Gasteiger partial charge in [-0.2, -0.15) is 5.10 Å². The Labute approximate surface area is 64.8 Å². The van der Waals surface area contributed by atoms with Crippen LogP contribution in [0.3, 0.4) is 0 Å². The van der Waals surface area contributed by atoms with Crippen LogP contribution in [-0.4, -0.2) is 22.9 Å². The molecule has 1 rings (SSSR count).